The number of halogens is 1. The quantitative estimate of drug-likeness (QED) is 0.569. The van der Waals surface area contributed by atoms with Crippen molar-refractivity contribution in [1.82, 2.24) is 9.55 Å². The van der Waals surface area contributed by atoms with Gasteiger partial charge in [0, 0.05) is 11.6 Å². The summed E-state index contributed by atoms with van der Waals surface area (Å²) < 4.78 is 21.2. The molecule has 1 fully saturated rings. The van der Waals surface area contributed by atoms with E-state index < -0.39 is 0 Å². The van der Waals surface area contributed by atoms with Crippen molar-refractivity contribution in [2.75, 3.05) is 0 Å². The van der Waals surface area contributed by atoms with Crippen LogP contribution in [0.5, 0.6) is 5.75 Å². The number of nitrogens with zero attached hydrogens (tertiary/aromatic N) is 2. The van der Waals surface area contributed by atoms with Crippen molar-refractivity contribution in [2.24, 2.45) is 0 Å². The number of pyridine rings is 1. The van der Waals surface area contributed by atoms with Crippen LogP contribution < -0.4 is 4.74 Å². The number of rotatable bonds is 2. The van der Waals surface area contributed by atoms with Crippen molar-refractivity contribution in [3.05, 3.63) is 47.9 Å². The van der Waals surface area contributed by atoms with Crippen molar-refractivity contribution in [3.8, 4) is 17.1 Å². The highest BCUT2D eigenvalue weighted by Crippen LogP contribution is 2.42. The van der Waals surface area contributed by atoms with Crippen LogP contribution in [0.25, 0.3) is 22.3 Å². The maximum Gasteiger partial charge on any atom is 0.268 e. The van der Waals surface area contributed by atoms with Gasteiger partial charge in [-0.05, 0) is 43.2 Å². The molecular weight excluding hydrogens is 283 g/mol. The Balaban J connectivity index is 1.88. The lowest BCUT2D eigenvalue weighted by Crippen LogP contribution is -2.09. The Kier molecular flexibility index (Phi) is 2.13. The summed E-state index contributed by atoms with van der Waals surface area (Å²) in [7, 11) is 0. The van der Waals surface area contributed by atoms with Gasteiger partial charge < -0.3 is 4.74 Å². The van der Waals surface area contributed by atoms with E-state index in [1.807, 2.05) is 12.1 Å². The summed E-state index contributed by atoms with van der Waals surface area (Å²) in [5.74, 6) is -0.0556. The van der Waals surface area contributed by atoms with Gasteiger partial charge in [-0.3, -0.25) is 9.36 Å². The summed E-state index contributed by atoms with van der Waals surface area (Å²) in [6, 6.07) is 8.06. The van der Waals surface area contributed by atoms with Crippen molar-refractivity contribution >= 4 is 16.8 Å². The molecule has 108 valence electrons. The average Bonchev–Trinajstić information content (AvgIpc) is 3.11. The van der Waals surface area contributed by atoms with Gasteiger partial charge in [-0.2, -0.15) is 0 Å². The third-order valence-electron chi connectivity index (χ3n) is 4.13. The first-order valence-electron chi connectivity index (χ1n) is 7.25. The fraction of sp³-hybridized carbons (Fsp3) is 0.176. The average molecular weight is 294 g/mol. The Morgan fingerprint density at radius 3 is 2.95 bits per heavy atom. The fourth-order valence-electron chi connectivity index (χ4n) is 2.94. The number of carbonyl (C=O) groups is 1. The van der Waals surface area contributed by atoms with Gasteiger partial charge in [0.1, 0.15) is 22.8 Å². The molecule has 3 heterocycles. The third-order valence-corrected chi connectivity index (χ3v) is 4.13. The first kappa shape index (κ1) is 11.9. The number of aromatic nitrogens is 2. The number of hydrogen-bond donors (Lipinski definition) is 0. The lowest BCUT2D eigenvalue weighted by Gasteiger charge is -2.12. The molecule has 2 aliphatic rings. The molecule has 0 unspecified atom stereocenters. The van der Waals surface area contributed by atoms with Gasteiger partial charge in [-0.25, -0.2) is 9.37 Å². The minimum absolute atomic E-state index is 0.116. The van der Waals surface area contributed by atoms with E-state index in [1.165, 1.54) is 12.1 Å². The second-order valence-electron chi connectivity index (χ2n) is 5.71. The molecule has 0 bridgehead atoms. The zero-order chi connectivity index (χ0) is 14.8. The molecule has 22 heavy (non-hydrogen) atoms. The number of benzene rings is 1. The SMILES string of the molecule is O=C1c2c(nc3ccc(F)cc3c2OC2CC2)-c2cccn21. The molecule has 1 aliphatic heterocycles. The highest BCUT2D eigenvalue weighted by molar-refractivity contribution is 6.13. The molecule has 1 aromatic carbocycles. The van der Waals surface area contributed by atoms with Crippen molar-refractivity contribution < 1.29 is 13.9 Å². The van der Waals surface area contributed by atoms with Gasteiger partial charge in [0.05, 0.1) is 17.3 Å². The van der Waals surface area contributed by atoms with Crippen LogP contribution in [0.4, 0.5) is 4.39 Å². The smallest absolute Gasteiger partial charge is 0.268 e. The summed E-state index contributed by atoms with van der Waals surface area (Å²) in [5, 5.41) is 0.560. The molecule has 4 nitrogen and oxygen atoms in total. The minimum Gasteiger partial charge on any atom is -0.489 e. The maximum absolute atomic E-state index is 13.6. The first-order chi connectivity index (χ1) is 10.7. The van der Waals surface area contributed by atoms with Gasteiger partial charge in [-0.1, -0.05) is 0 Å². The minimum atomic E-state index is -0.361. The van der Waals surface area contributed by atoms with E-state index in [2.05, 4.69) is 4.98 Å². The molecule has 3 aromatic rings. The lowest BCUT2D eigenvalue weighted by atomic mass is 10.1. The van der Waals surface area contributed by atoms with Crippen LogP contribution in [-0.2, 0) is 0 Å². The van der Waals surface area contributed by atoms with Crippen molar-refractivity contribution in [2.45, 2.75) is 18.9 Å². The Bertz CT molecular complexity index is 957. The highest BCUT2D eigenvalue weighted by atomic mass is 19.1. The molecule has 5 rings (SSSR count). The summed E-state index contributed by atoms with van der Waals surface area (Å²) in [5.41, 5.74) is 2.45. The summed E-state index contributed by atoms with van der Waals surface area (Å²) >= 11 is 0. The molecule has 5 heteroatoms. The first-order valence-corrected chi connectivity index (χ1v) is 7.25. The van der Waals surface area contributed by atoms with E-state index in [0.717, 1.165) is 18.5 Å². The molecule has 0 N–H and O–H groups in total. The topological polar surface area (TPSA) is 44.1 Å². The Morgan fingerprint density at radius 1 is 1.27 bits per heavy atom. The lowest BCUT2D eigenvalue weighted by molar-refractivity contribution is 0.0965. The number of ether oxygens (including phenoxy) is 1. The molecule has 0 spiro atoms. The normalized spacial score (nSPS) is 16.0. The molecule has 0 radical (unpaired) electrons. The Labute approximate surface area is 125 Å². The van der Waals surface area contributed by atoms with Crippen molar-refractivity contribution in [1.29, 1.82) is 0 Å². The zero-order valence-corrected chi connectivity index (χ0v) is 11.5. The number of carbonyl (C=O) groups excluding carboxylic acids is 1. The summed E-state index contributed by atoms with van der Waals surface area (Å²) in [6.07, 6.45) is 3.76. The van der Waals surface area contributed by atoms with E-state index in [9.17, 15) is 9.18 Å². The van der Waals surface area contributed by atoms with Crippen LogP contribution in [0.1, 0.15) is 23.2 Å². The zero-order valence-electron chi connectivity index (χ0n) is 11.5. The van der Waals surface area contributed by atoms with Gasteiger partial charge in [0.25, 0.3) is 5.91 Å². The molecule has 1 aliphatic carbocycles. The second-order valence-corrected chi connectivity index (χ2v) is 5.71. The van der Waals surface area contributed by atoms with E-state index >= 15 is 0 Å². The van der Waals surface area contributed by atoms with Crippen molar-refractivity contribution in [3.63, 3.8) is 0 Å². The third kappa shape index (κ3) is 1.51. The largest absolute Gasteiger partial charge is 0.489 e. The van der Waals surface area contributed by atoms with Gasteiger partial charge >= 0.3 is 0 Å². The molecule has 0 saturated heterocycles. The second kappa shape index (κ2) is 3.94. The highest BCUT2D eigenvalue weighted by Gasteiger charge is 2.35. The summed E-state index contributed by atoms with van der Waals surface area (Å²) in [4.78, 5) is 17.2. The van der Waals surface area contributed by atoms with Crippen LogP contribution in [-0.4, -0.2) is 21.6 Å². The predicted molar refractivity (Wildman–Crippen MR) is 78.5 cm³/mol. The number of fused-ring (bicyclic) bond motifs is 4. The Morgan fingerprint density at radius 2 is 2.14 bits per heavy atom. The molecule has 2 aromatic heterocycles. The van der Waals surface area contributed by atoms with Crippen LogP contribution >= 0.6 is 0 Å². The van der Waals surface area contributed by atoms with E-state index in [1.54, 1.807) is 16.8 Å². The fourth-order valence-corrected chi connectivity index (χ4v) is 2.94. The van der Waals surface area contributed by atoms with E-state index in [4.69, 9.17) is 4.74 Å². The van der Waals surface area contributed by atoms with E-state index in [-0.39, 0.29) is 17.8 Å². The van der Waals surface area contributed by atoms with Gasteiger partial charge in [0.15, 0.2) is 0 Å². The molecule has 0 atom stereocenters. The molecule has 0 amide bonds. The monoisotopic (exact) mass is 294 g/mol. The predicted octanol–water partition coefficient (Wildman–Crippen LogP) is 3.39. The maximum atomic E-state index is 13.6. The van der Waals surface area contributed by atoms with Crippen LogP contribution in [0, 0.1) is 5.82 Å². The van der Waals surface area contributed by atoms with Gasteiger partial charge in [0.2, 0.25) is 0 Å². The number of hydrogen-bond acceptors (Lipinski definition) is 3. The van der Waals surface area contributed by atoms with Gasteiger partial charge in [-0.15, -0.1) is 0 Å². The van der Waals surface area contributed by atoms with E-state index in [0.29, 0.717) is 27.9 Å². The van der Waals surface area contributed by atoms with Crippen LogP contribution in [0.2, 0.25) is 0 Å². The summed E-state index contributed by atoms with van der Waals surface area (Å²) in [6.45, 7) is 0. The molecular formula is C17H11FN2O2. The van der Waals surface area contributed by atoms with Crippen LogP contribution in [0.3, 0.4) is 0 Å². The van der Waals surface area contributed by atoms with Crippen LogP contribution in [0.15, 0.2) is 36.5 Å². The standard InChI is InChI=1S/C17H11FN2O2/c18-9-3-6-12-11(8-9)16(22-10-4-5-10)14-15(19-12)13-2-1-7-20(13)17(14)21/h1-3,6-8,10H,4-5H2. The molecule has 1 saturated carbocycles. The Hall–Kier alpha value is -2.69.